The smallest absolute Gasteiger partial charge is 0.0412 e. The highest BCUT2D eigenvalue weighted by Gasteiger charge is 2.29. The Labute approximate surface area is 158 Å². The molecule has 4 rings (SSSR count). The Bertz CT molecular complexity index is 563. The summed E-state index contributed by atoms with van der Waals surface area (Å²) in [5.41, 5.74) is 2.98. The summed E-state index contributed by atoms with van der Waals surface area (Å²) in [4.78, 5) is 10.5. The quantitative estimate of drug-likeness (QED) is 0.857. The van der Waals surface area contributed by atoms with Crippen LogP contribution >= 0.6 is 0 Å². The molecule has 3 aliphatic rings. The van der Waals surface area contributed by atoms with Gasteiger partial charge in [-0.3, -0.25) is 9.80 Å². The summed E-state index contributed by atoms with van der Waals surface area (Å²) in [6.45, 7) is 16.5. The van der Waals surface area contributed by atoms with Crippen LogP contribution in [-0.4, -0.2) is 92.7 Å². The van der Waals surface area contributed by atoms with Gasteiger partial charge < -0.3 is 15.1 Å². The molecule has 3 aliphatic heterocycles. The molecule has 0 aliphatic carbocycles. The predicted octanol–water partition coefficient (Wildman–Crippen LogP) is 1.31. The Kier molecular flexibility index (Phi) is 6.10. The van der Waals surface area contributed by atoms with Gasteiger partial charge in [-0.2, -0.15) is 0 Å². The third-order valence-electron chi connectivity index (χ3n) is 6.46. The van der Waals surface area contributed by atoms with Gasteiger partial charge in [0.2, 0.25) is 0 Å². The van der Waals surface area contributed by atoms with Crippen molar-refractivity contribution in [2.24, 2.45) is 0 Å². The molecule has 0 aromatic heterocycles. The zero-order chi connectivity index (χ0) is 17.8. The zero-order valence-electron chi connectivity index (χ0n) is 16.4. The highest BCUT2D eigenvalue weighted by molar-refractivity contribution is 5.54. The summed E-state index contributed by atoms with van der Waals surface area (Å²) in [5, 5.41) is 3.48. The first-order valence-corrected chi connectivity index (χ1v) is 10.6. The molecule has 144 valence electrons. The zero-order valence-corrected chi connectivity index (χ0v) is 16.4. The average Bonchev–Trinajstić information content (AvgIpc) is 3.18. The molecule has 3 fully saturated rings. The Morgan fingerprint density at radius 1 is 0.923 bits per heavy atom. The number of likely N-dealkylation sites (N-methyl/N-ethyl adjacent to an activating group) is 1. The van der Waals surface area contributed by atoms with E-state index in [-0.39, 0.29) is 0 Å². The van der Waals surface area contributed by atoms with E-state index in [0.29, 0.717) is 0 Å². The van der Waals surface area contributed by atoms with E-state index in [4.69, 9.17) is 0 Å². The van der Waals surface area contributed by atoms with Crippen molar-refractivity contribution in [3.05, 3.63) is 29.8 Å². The van der Waals surface area contributed by atoms with Crippen molar-refractivity contribution in [3.8, 4) is 0 Å². The molecule has 0 amide bonds. The Morgan fingerprint density at radius 2 is 1.69 bits per heavy atom. The van der Waals surface area contributed by atoms with Gasteiger partial charge in [0.1, 0.15) is 0 Å². The van der Waals surface area contributed by atoms with Crippen LogP contribution in [0.3, 0.4) is 0 Å². The molecule has 1 atom stereocenters. The molecule has 1 aromatic rings. The Hall–Kier alpha value is -1.14. The van der Waals surface area contributed by atoms with Crippen molar-refractivity contribution in [2.45, 2.75) is 25.9 Å². The van der Waals surface area contributed by atoms with Crippen LogP contribution in [0.1, 0.15) is 18.9 Å². The van der Waals surface area contributed by atoms with Crippen molar-refractivity contribution >= 4 is 5.69 Å². The van der Waals surface area contributed by atoms with E-state index >= 15 is 0 Å². The van der Waals surface area contributed by atoms with Crippen molar-refractivity contribution in [1.29, 1.82) is 0 Å². The minimum Gasteiger partial charge on any atom is -0.369 e. The highest BCUT2D eigenvalue weighted by Crippen LogP contribution is 2.26. The number of benzene rings is 1. The number of piperazine rings is 2. The Morgan fingerprint density at radius 3 is 2.46 bits per heavy atom. The lowest BCUT2D eigenvalue weighted by molar-refractivity contribution is 0.170. The van der Waals surface area contributed by atoms with Crippen LogP contribution in [0.15, 0.2) is 24.3 Å². The second-order valence-electron chi connectivity index (χ2n) is 8.01. The molecule has 26 heavy (non-hydrogen) atoms. The van der Waals surface area contributed by atoms with Crippen molar-refractivity contribution in [2.75, 3.05) is 76.9 Å². The fourth-order valence-electron chi connectivity index (χ4n) is 4.80. The number of likely N-dealkylation sites (tertiary alicyclic amines) is 1. The van der Waals surface area contributed by atoms with Gasteiger partial charge in [0, 0.05) is 83.7 Å². The van der Waals surface area contributed by atoms with Crippen LogP contribution in [0.4, 0.5) is 5.69 Å². The molecule has 5 nitrogen and oxygen atoms in total. The molecule has 1 aromatic carbocycles. The van der Waals surface area contributed by atoms with Gasteiger partial charge in [-0.25, -0.2) is 0 Å². The average molecular weight is 358 g/mol. The number of nitrogens with one attached hydrogen (secondary N) is 1. The predicted molar refractivity (Wildman–Crippen MR) is 109 cm³/mol. The summed E-state index contributed by atoms with van der Waals surface area (Å²) in [6, 6.07) is 9.86. The molecule has 0 saturated carbocycles. The number of hydrogen-bond acceptors (Lipinski definition) is 5. The van der Waals surface area contributed by atoms with Crippen LogP contribution in [-0.2, 0) is 6.54 Å². The molecule has 0 bridgehead atoms. The van der Waals surface area contributed by atoms with Crippen LogP contribution < -0.4 is 10.2 Å². The molecule has 1 unspecified atom stereocenters. The van der Waals surface area contributed by atoms with Crippen LogP contribution in [0, 0.1) is 0 Å². The standard InChI is InChI=1S/C21H35N5/c1-2-23-13-15-26(16-14-23)21-6-4-3-5-19(21)17-24-10-7-20(18-24)25-11-8-22-9-12-25/h3-6,20,22H,2,7-18H2,1H3. The van der Waals surface area contributed by atoms with Gasteiger partial charge in [0.25, 0.3) is 0 Å². The maximum absolute atomic E-state index is 3.48. The first kappa shape index (κ1) is 18.2. The number of para-hydroxylation sites is 1. The van der Waals surface area contributed by atoms with Gasteiger partial charge in [0.05, 0.1) is 0 Å². The minimum absolute atomic E-state index is 0.761. The number of anilines is 1. The van der Waals surface area contributed by atoms with E-state index in [1.165, 1.54) is 63.5 Å². The maximum atomic E-state index is 3.48. The number of nitrogens with zero attached hydrogens (tertiary/aromatic N) is 4. The normalized spacial score (nSPS) is 26.5. The molecule has 5 heteroatoms. The van der Waals surface area contributed by atoms with Gasteiger partial charge in [-0.05, 0) is 24.6 Å². The SMILES string of the molecule is CCN1CCN(c2ccccc2CN2CCC(N3CCNCC3)C2)CC1. The van der Waals surface area contributed by atoms with Crippen molar-refractivity contribution in [1.82, 2.24) is 20.0 Å². The lowest BCUT2D eigenvalue weighted by Gasteiger charge is -2.37. The van der Waals surface area contributed by atoms with Gasteiger partial charge >= 0.3 is 0 Å². The highest BCUT2D eigenvalue weighted by atomic mass is 15.3. The van der Waals surface area contributed by atoms with Crippen molar-refractivity contribution in [3.63, 3.8) is 0 Å². The topological polar surface area (TPSA) is 25.0 Å². The largest absolute Gasteiger partial charge is 0.369 e. The maximum Gasteiger partial charge on any atom is 0.0412 e. The molecule has 3 saturated heterocycles. The lowest BCUT2D eigenvalue weighted by atomic mass is 10.1. The van der Waals surface area contributed by atoms with E-state index in [9.17, 15) is 0 Å². The summed E-state index contributed by atoms with van der Waals surface area (Å²) in [6.07, 6.45) is 1.33. The first-order valence-electron chi connectivity index (χ1n) is 10.6. The Balaban J connectivity index is 1.36. The van der Waals surface area contributed by atoms with Gasteiger partial charge in [-0.1, -0.05) is 25.1 Å². The first-order chi connectivity index (χ1) is 12.8. The summed E-state index contributed by atoms with van der Waals surface area (Å²) >= 11 is 0. The third kappa shape index (κ3) is 4.22. The second-order valence-corrected chi connectivity index (χ2v) is 8.01. The van der Waals surface area contributed by atoms with Gasteiger partial charge in [0.15, 0.2) is 0 Å². The minimum atomic E-state index is 0.761. The fourth-order valence-corrected chi connectivity index (χ4v) is 4.80. The van der Waals surface area contributed by atoms with Crippen LogP contribution in [0.2, 0.25) is 0 Å². The monoisotopic (exact) mass is 357 g/mol. The van der Waals surface area contributed by atoms with Gasteiger partial charge in [-0.15, -0.1) is 0 Å². The van der Waals surface area contributed by atoms with Crippen LogP contribution in [0.5, 0.6) is 0 Å². The molecular weight excluding hydrogens is 322 g/mol. The van der Waals surface area contributed by atoms with E-state index < -0.39 is 0 Å². The third-order valence-corrected chi connectivity index (χ3v) is 6.46. The van der Waals surface area contributed by atoms with E-state index in [1.54, 1.807) is 0 Å². The van der Waals surface area contributed by atoms with E-state index in [1.807, 2.05) is 0 Å². The molecule has 0 radical (unpaired) electrons. The molecule has 3 heterocycles. The molecular formula is C21H35N5. The number of rotatable bonds is 5. The second kappa shape index (κ2) is 8.70. The summed E-state index contributed by atoms with van der Waals surface area (Å²) in [5.74, 6) is 0. The van der Waals surface area contributed by atoms with Crippen molar-refractivity contribution < 1.29 is 0 Å². The fraction of sp³-hybridized carbons (Fsp3) is 0.714. The molecule has 0 spiro atoms. The molecule has 1 N–H and O–H groups in total. The van der Waals surface area contributed by atoms with E-state index in [0.717, 1.165) is 38.8 Å². The van der Waals surface area contributed by atoms with Crippen LogP contribution in [0.25, 0.3) is 0 Å². The number of hydrogen-bond donors (Lipinski definition) is 1. The van der Waals surface area contributed by atoms with E-state index in [2.05, 4.69) is 56.1 Å². The summed E-state index contributed by atoms with van der Waals surface area (Å²) < 4.78 is 0. The lowest BCUT2D eigenvalue weighted by Crippen LogP contribution is -2.49. The summed E-state index contributed by atoms with van der Waals surface area (Å²) in [7, 11) is 0.